The Bertz CT molecular complexity index is 1430. The second-order valence-electron chi connectivity index (χ2n) is 9.03. The van der Waals surface area contributed by atoms with Crippen LogP contribution in [0.3, 0.4) is 0 Å². The van der Waals surface area contributed by atoms with Gasteiger partial charge in [0.1, 0.15) is 11.5 Å². The van der Waals surface area contributed by atoms with Gasteiger partial charge in [-0.1, -0.05) is 55.5 Å². The van der Waals surface area contributed by atoms with E-state index in [4.69, 9.17) is 4.74 Å². The van der Waals surface area contributed by atoms with E-state index < -0.39 is 17.7 Å². The number of ether oxygens (including phenoxy) is 1. The average Bonchev–Trinajstić information content (AvgIpc) is 3.42. The van der Waals surface area contributed by atoms with Gasteiger partial charge in [-0.15, -0.1) is 0 Å². The average molecular weight is 482 g/mol. The third kappa shape index (κ3) is 4.13. The van der Waals surface area contributed by atoms with Crippen LogP contribution < -0.4 is 9.64 Å². The number of nitrogens with one attached hydrogen (secondary N) is 1. The molecule has 0 spiro atoms. The number of aliphatic hydroxyl groups is 1. The predicted octanol–water partition coefficient (Wildman–Crippen LogP) is 5.54. The molecule has 1 aromatic heterocycles. The fourth-order valence-electron chi connectivity index (χ4n) is 4.47. The molecule has 2 N–H and O–H groups in total. The van der Waals surface area contributed by atoms with Gasteiger partial charge in [0.2, 0.25) is 5.95 Å². The quantitative estimate of drug-likeness (QED) is 0.214. The molecule has 0 bridgehead atoms. The minimum absolute atomic E-state index is 0.00290. The number of carbonyl (C=O) groups excluding carboxylic acids is 2. The summed E-state index contributed by atoms with van der Waals surface area (Å²) in [4.78, 5) is 35.8. The molecule has 182 valence electrons. The van der Waals surface area contributed by atoms with Crippen molar-refractivity contribution in [3.8, 4) is 5.75 Å². The Hall–Kier alpha value is -4.39. The van der Waals surface area contributed by atoms with Gasteiger partial charge in [-0.2, -0.15) is 0 Å². The number of H-pyrrole nitrogens is 1. The van der Waals surface area contributed by atoms with Gasteiger partial charge >= 0.3 is 5.91 Å². The Morgan fingerprint density at radius 3 is 2.36 bits per heavy atom. The van der Waals surface area contributed by atoms with Crippen LogP contribution in [0.2, 0.25) is 0 Å². The number of aromatic amines is 1. The highest BCUT2D eigenvalue weighted by atomic mass is 16.5. The Labute approximate surface area is 209 Å². The molecule has 1 amide bonds. The van der Waals surface area contributed by atoms with Gasteiger partial charge in [0.15, 0.2) is 0 Å². The minimum atomic E-state index is -0.871. The number of aryl methyl sites for hydroxylation is 1. The molecule has 4 aromatic rings. The summed E-state index contributed by atoms with van der Waals surface area (Å²) >= 11 is 0. The number of hydrogen-bond acceptors (Lipinski definition) is 5. The summed E-state index contributed by atoms with van der Waals surface area (Å²) in [7, 11) is 0. The molecule has 5 rings (SSSR count). The van der Waals surface area contributed by atoms with E-state index in [1.807, 2.05) is 57.2 Å². The van der Waals surface area contributed by atoms with Crippen molar-refractivity contribution in [1.82, 2.24) is 9.97 Å². The second-order valence-corrected chi connectivity index (χ2v) is 9.03. The molecule has 1 aliphatic heterocycles. The number of fused-ring (bicyclic) bond motifs is 1. The Balaban J connectivity index is 1.67. The van der Waals surface area contributed by atoms with Gasteiger partial charge in [-0.3, -0.25) is 14.5 Å². The third-order valence-electron chi connectivity index (χ3n) is 6.25. The smallest absolute Gasteiger partial charge is 0.302 e. The van der Waals surface area contributed by atoms with Crippen LogP contribution in [-0.4, -0.2) is 32.9 Å². The number of amides is 1. The molecular formula is C29H27N3O4. The molecule has 36 heavy (non-hydrogen) atoms. The topological polar surface area (TPSA) is 95.5 Å². The summed E-state index contributed by atoms with van der Waals surface area (Å²) in [6.45, 7) is 5.92. The van der Waals surface area contributed by atoms with Crippen LogP contribution in [0.4, 0.5) is 5.95 Å². The fraction of sp³-hybridized carbons (Fsp3) is 0.207. The van der Waals surface area contributed by atoms with E-state index in [9.17, 15) is 14.7 Å². The van der Waals surface area contributed by atoms with Gasteiger partial charge in [-0.05, 0) is 55.7 Å². The zero-order chi connectivity index (χ0) is 25.4. The first-order valence-electron chi connectivity index (χ1n) is 12.0. The maximum absolute atomic E-state index is 13.4. The van der Waals surface area contributed by atoms with Crippen LogP contribution in [0.1, 0.15) is 43.5 Å². The van der Waals surface area contributed by atoms with Crippen LogP contribution in [-0.2, 0) is 16.0 Å². The van der Waals surface area contributed by atoms with Crippen molar-refractivity contribution in [2.45, 2.75) is 39.3 Å². The predicted molar refractivity (Wildman–Crippen MR) is 139 cm³/mol. The van der Waals surface area contributed by atoms with E-state index in [-0.39, 0.29) is 23.4 Å². The molecule has 1 unspecified atom stereocenters. The van der Waals surface area contributed by atoms with Crippen LogP contribution in [0, 0.1) is 0 Å². The molecule has 0 radical (unpaired) electrons. The SMILES string of the molecule is CCc1ccc(/C(O)=C2\C(=O)C(=O)N(c3nc4ccccc4[nH]3)C2c2ccc(OC(C)C)cc2)cc1. The lowest BCUT2D eigenvalue weighted by atomic mass is 9.95. The number of nitrogens with zero attached hydrogens (tertiary/aromatic N) is 2. The van der Waals surface area contributed by atoms with Gasteiger partial charge in [-0.25, -0.2) is 4.98 Å². The molecule has 7 heteroatoms. The van der Waals surface area contributed by atoms with E-state index >= 15 is 0 Å². The van der Waals surface area contributed by atoms with Gasteiger partial charge in [0.05, 0.1) is 28.8 Å². The van der Waals surface area contributed by atoms with E-state index in [1.54, 1.807) is 36.4 Å². The maximum Gasteiger partial charge on any atom is 0.302 e. The van der Waals surface area contributed by atoms with Crippen molar-refractivity contribution >= 4 is 34.4 Å². The molecule has 1 aliphatic rings. The Kier molecular flexibility index (Phi) is 6.06. The number of imidazole rings is 1. The van der Waals surface area contributed by atoms with Crippen LogP contribution in [0.5, 0.6) is 5.75 Å². The summed E-state index contributed by atoms with van der Waals surface area (Å²) in [6, 6.07) is 21.1. The lowest BCUT2D eigenvalue weighted by molar-refractivity contribution is -0.132. The number of ketones is 1. The zero-order valence-electron chi connectivity index (χ0n) is 20.4. The Morgan fingerprint density at radius 1 is 1.03 bits per heavy atom. The van der Waals surface area contributed by atoms with Gasteiger partial charge in [0, 0.05) is 5.56 Å². The first-order valence-corrected chi connectivity index (χ1v) is 12.0. The molecule has 0 aliphatic carbocycles. The standard InChI is InChI=1S/C29H27N3O4/c1-4-18-9-11-20(12-10-18)26(33)24-25(19-13-15-21(16-14-19)36-17(2)3)32(28(35)27(24)34)29-30-22-7-5-6-8-23(22)31-29/h5-17,25,33H,4H2,1-3H3,(H,30,31)/b26-24+. The first-order chi connectivity index (χ1) is 17.4. The molecular weight excluding hydrogens is 454 g/mol. The highest BCUT2D eigenvalue weighted by molar-refractivity contribution is 6.51. The molecule has 1 saturated heterocycles. The molecule has 3 aromatic carbocycles. The van der Waals surface area contributed by atoms with E-state index in [0.717, 1.165) is 17.5 Å². The van der Waals surface area contributed by atoms with Gasteiger partial charge in [0.25, 0.3) is 5.78 Å². The third-order valence-corrected chi connectivity index (χ3v) is 6.25. The number of carbonyl (C=O) groups is 2. The highest BCUT2D eigenvalue weighted by Crippen LogP contribution is 2.42. The normalized spacial score (nSPS) is 17.3. The summed E-state index contributed by atoms with van der Waals surface area (Å²) in [5.74, 6) is -0.828. The maximum atomic E-state index is 13.4. The summed E-state index contributed by atoms with van der Waals surface area (Å²) in [5.41, 5.74) is 3.65. The Morgan fingerprint density at radius 2 is 1.72 bits per heavy atom. The van der Waals surface area contributed by atoms with E-state index in [2.05, 4.69) is 9.97 Å². The number of anilines is 1. The lowest BCUT2D eigenvalue weighted by Gasteiger charge is -2.23. The van der Waals surface area contributed by atoms with E-state index in [1.165, 1.54) is 4.90 Å². The second kappa shape index (κ2) is 9.34. The van der Waals surface area contributed by atoms with Crippen LogP contribution in [0.15, 0.2) is 78.4 Å². The van der Waals surface area contributed by atoms with Crippen molar-refractivity contribution in [2.24, 2.45) is 0 Å². The van der Waals surface area contributed by atoms with Crippen LogP contribution >= 0.6 is 0 Å². The summed E-state index contributed by atoms with van der Waals surface area (Å²) in [5, 5.41) is 11.3. The first kappa shape index (κ1) is 23.4. The van der Waals surface area contributed by atoms with Crippen molar-refractivity contribution in [3.05, 3.63) is 95.1 Å². The zero-order valence-corrected chi connectivity index (χ0v) is 20.4. The number of benzene rings is 3. The van der Waals surface area contributed by atoms with Crippen molar-refractivity contribution < 1.29 is 19.4 Å². The number of aromatic nitrogens is 2. The molecule has 1 atom stereocenters. The molecule has 0 saturated carbocycles. The largest absolute Gasteiger partial charge is 0.507 e. The highest BCUT2D eigenvalue weighted by Gasteiger charge is 2.48. The molecule has 2 heterocycles. The number of para-hydroxylation sites is 2. The summed E-state index contributed by atoms with van der Waals surface area (Å²) < 4.78 is 5.76. The van der Waals surface area contributed by atoms with Crippen LogP contribution in [0.25, 0.3) is 16.8 Å². The van der Waals surface area contributed by atoms with Crippen molar-refractivity contribution in [1.29, 1.82) is 0 Å². The monoisotopic (exact) mass is 481 g/mol. The fourth-order valence-corrected chi connectivity index (χ4v) is 4.47. The van der Waals surface area contributed by atoms with E-state index in [0.29, 0.717) is 22.4 Å². The molecule has 7 nitrogen and oxygen atoms in total. The molecule has 1 fully saturated rings. The number of hydrogen-bond donors (Lipinski definition) is 2. The number of rotatable bonds is 6. The van der Waals surface area contributed by atoms with Gasteiger partial charge < -0.3 is 14.8 Å². The van der Waals surface area contributed by atoms with Crippen molar-refractivity contribution in [2.75, 3.05) is 4.90 Å². The van der Waals surface area contributed by atoms with Crippen molar-refractivity contribution in [3.63, 3.8) is 0 Å². The number of aliphatic hydroxyl groups excluding tert-OH is 1. The lowest BCUT2D eigenvalue weighted by Crippen LogP contribution is -2.30. The number of Topliss-reactive ketones (excluding diaryl/α,β-unsaturated/α-hetero) is 1. The summed E-state index contributed by atoms with van der Waals surface area (Å²) in [6.07, 6.45) is 0.852. The minimum Gasteiger partial charge on any atom is -0.507 e.